The van der Waals surface area contributed by atoms with Crippen molar-refractivity contribution in [3.63, 3.8) is 0 Å². The number of ether oxygens (including phenoxy) is 2. The third-order valence-electron chi connectivity index (χ3n) is 5.39. The first-order valence-electron chi connectivity index (χ1n) is 10.8. The summed E-state index contributed by atoms with van der Waals surface area (Å²) in [4.78, 5) is 7.32. The molecule has 30 heavy (non-hydrogen) atoms. The Hall–Kier alpha value is -2.67. The second-order valence-corrected chi connectivity index (χ2v) is 7.35. The van der Waals surface area contributed by atoms with Gasteiger partial charge in [0.1, 0.15) is 17.3 Å². The first-order chi connectivity index (χ1) is 14.7. The van der Waals surface area contributed by atoms with E-state index >= 15 is 0 Å². The maximum atomic E-state index is 5.71. The predicted octanol–water partition coefficient (Wildman–Crippen LogP) is 3.23. The van der Waals surface area contributed by atoms with Gasteiger partial charge in [0.2, 0.25) is 0 Å². The van der Waals surface area contributed by atoms with E-state index in [0.717, 1.165) is 61.4 Å². The first kappa shape index (κ1) is 22.0. The van der Waals surface area contributed by atoms with Crippen LogP contribution in [0.5, 0.6) is 11.5 Å². The van der Waals surface area contributed by atoms with E-state index in [1.807, 2.05) is 30.3 Å². The van der Waals surface area contributed by atoms with Crippen molar-refractivity contribution in [3.05, 3.63) is 47.9 Å². The van der Waals surface area contributed by atoms with E-state index in [0.29, 0.717) is 6.54 Å². The molecule has 1 unspecified atom stereocenters. The smallest absolute Gasteiger partial charge is 0.191 e. The number of aliphatic imine (C=N–C) groups is 1. The summed E-state index contributed by atoms with van der Waals surface area (Å²) in [6.07, 6.45) is 5.02. The molecule has 1 fully saturated rings. The van der Waals surface area contributed by atoms with Gasteiger partial charge in [-0.1, -0.05) is 0 Å². The van der Waals surface area contributed by atoms with Gasteiger partial charge in [-0.3, -0.25) is 9.89 Å². The van der Waals surface area contributed by atoms with Gasteiger partial charge in [-0.25, -0.2) is 0 Å². The molecule has 0 radical (unpaired) electrons. The highest BCUT2D eigenvalue weighted by atomic mass is 16.5. The van der Waals surface area contributed by atoms with Crippen molar-refractivity contribution in [2.24, 2.45) is 4.99 Å². The third-order valence-corrected chi connectivity index (χ3v) is 5.39. The number of rotatable bonds is 10. The maximum absolute atomic E-state index is 5.71. The molecule has 1 saturated heterocycles. The number of likely N-dealkylation sites (tertiary alicyclic amines) is 1. The summed E-state index contributed by atoms with van der Waals surface area (Å²) in [6, 6.07) is 10.1. The molecule has 0 amide bonds. The van der Waals surface area contributed by atoms with Crippen LogP contribution in [-0.2, 0) is 6.42 Å². The van der Waals surface area contributed by atoms with E-state index in [-0.39, 0.29) is 6.04 Å². The van der Waals surface area contributed by atoms with Crippen molar-refractivity contribution >= 4 is 5.96 Å². The molecule has 2 N–H and O–H groups in total. The van der Waals surface area contributed by atoms with Crippen LogP contribution in [0.1, 0.15) is 37.1 Å². The highest BCUT2D eigenvalue weighted by Gasteiger charge is 2.25. The fourth-order valence-corrected chi connectivity index (χ4v) is 3.83. The van der Waals surface area contributed by atoms with E-state index in [2.05, 4.69) is 22.5 Å². The summed E-state index contributed by atoms with van der Waals surface area (Å²) in [5.74, 6) is 3.50. The molecule has 3 rings (SSSR count). The Bertz CT molecular complexity index is 786. The number of hydrogen-bond acceptors (Lipinski definition) is 5. The zero-order valence-corrected chi connectivity index (χ0v) is 18.3. The van der Waals surface area contributed by atoms with E-state index in [9.17, 15) is 0 Å². The molecule has 0 bridgehead atoms. The molecule has 1 aromatic heterocycles. The van der Waals surface area contributed by atoms with Gasteiger partial charge < -0.3 is 24.5 Å². The fraction of sp³-hybridized carbons (Fsp3) is 0.522. The standard InChI is InChI=1S/C23H34N4O3/c1-4-24-23(25-12-11-18-16-19(28-2)9-10-21(18)29-3)26-17-20(22-8-7-15-30-22)27-13-5-6-14-27/h7-10,15-16,20H,4-6,11-14,17H2,1-3H3,(H2,24,25,26). The molecule has 7 heteroatoms. The molecule has 7 nitrogen and oxygen atoms in total. The number of methoxy groups -OCH3 is 2. The molecule has 1 atom stereocenters. The second-order valence-electron chi connectivity index (χ2n) is 7.35. The number of hydrogen-bond donors (Lipinski definition) is 2. The molecule has 1 aromatic carbocycles. The lowest BCUT2D eigenvalue weighted by molar-refractivity contribution is 0.221. The summed E-state index contributed by atoms with van der Waals surface area (Å²) in [5.41, 5.74) is 1.10. The van der Waals surface area contributed by atoms with Crippen LogP contribution in [0.15, 0.2) is 46.0 Å². The monoisotopic (exact) mass is 414 g/mol. The topological polar surface area (TPSA) is 71.3 Å². The molecule has 0 aliphatic carbocycles. The molecular weight excluding hydrogens is 380 g/mol. The second kappa shape index (κ2) is 11.5. The van der Waals surface area contributed by atoms with Gasteiger partial charge in [0, 0.05) is 13.1 Å². The quantitative estimate of drug-likeness (QED) is 0.459. The van der Waals surface area contributed by atoms with Crippen molar-refractivity contribution < 1.29 is 13.9 Å². The molecule has 2 aromatic rings. The summed E-state index contributed by atoms with van der Waals surface area (Å²) in [5, 5.41) is 6.79. The Morgan fingerprint density at radius 1 is 1.17 bits per heavy atom. The average Bonchev–Trinajstić information content (AvgIpc) is 3.49. The SMILES string of the molecule is CCNC(=NCC(c1ccco1)N1CCCC1)NCCc1cc(OC)ccc1OC. The predicted molar refractivity (Wildman–Crippen MR) is 119 cm³/mol. The van der Waals surface area contributed by atoms with Gasteiger partial charge in [0.05, 0.1) is 33.1 Å². The Labute approximate surface area is 179 Å². The average molecular weight is 415 g/mol. The van der Waals surface area contributed by atoms with Gasteiger partial charge in [-0.15, -0.1) is 0 Å². The van der Waals surface area contributed by atoms with E-state index in [4.69, 9.17) is 18.9 Å². The zero-order valence-electron chi connectivity index (χ0n) is 18.3. The van der Waals surface area contributed by atoms with Crippen LogP contribution in [0.25, 0.3) is 0 Å². The van der Waals surface area contributed by atoms with Gasteiger partial charge in [-0.05, 0) is 75.2 Å². The number of guanidine groups is 1. The third kappa shape index (κ3) is 5.92. The van der Waals surface area contributed by atoms with Crippen LogP contribution in [0.2, 0.25) is 0 Å². The lowest BCUT2D eigenvalue weighted by Gasteiger charge is -2.24. The highest BCUT2D eigenvalue weighted by Crippen LogP contribution is 2.26. The van der Waals surface area contributed by atoms with E-state index in [1.165, 1.54) is 12.8 Å². The van der Waals surface area contributed by atoms with Crippen LogP contribution in [-0.4, -0.2) is 57.8 Å². The summed E-state index contributed by atoms with van der Waals surface area (Å²) in [6.45, 7) is 6.48. The lowest BCUT2D eigenvalue weighted by Crippen LogP contribution is -2.39. The molecule has 2 heterocycles. The van der Waals surface area contributed by atoms with Crippen molar-refractivity contribution in [2.45, 2.75) is 32.2 Å². The van der Waals surface area contributed by atoms with Crippen molar-refractivity contribution in [1.29, 1.82) is 0 Å². The molecule has 164 valence electrons. The normalized spacial score (nSPS) is 15.8. The maximum Gasteiger partial charge on any atom is 0.191 e. The summed E-state index contributed by atoms with van der Waals surface area (Å²) >= 11 is 0. The van der Waals surface area contributed by atoms with Gasteiger partial charge >= 0.3 is 0 Å². The zero-order chi connectivity index (χ0) is 21.2. The summed E-state index contributed by atoms with van der Waals surface area (Å²) < 4.78 is 16.5. The van der Waals surface area contributed by atoms with Crippen LogP contribution in [0, 0.1) is 0 Å². The number of nitrogens with one attached hydrogen (secondary N) is 2. The van der Waals surface area contributed by atoms with Crippen LogP contribution >= 0.6 is 0 Å². The van der Waals surface area contributed by atoms with Crippen molar-refractivity contribution in [1.82, 2.24) is 15.5 Å². The van der Waals surface area contributed by atoms with Gasteiger partial charge in [0.15, 0.2) is 5.96 Å². The molecule has 1 aliphatic heterocycles. The Balaban J connectivity index is 1.62. The molecule has 1 aliphatic rings. The largest absolute Gasteiger partial charge is 0.497 e. The first-order valence-corrected chi connectivity index (χ1v) is 10.8. The minimum atomic E-state index is 0.177. The summed E-state index contributed by atoms with van der Waals surface area (Å²) in [7, 11) is 3.37. The number of nitrogens with zero attached hydrogens (tertiary/aromatic N) is 2. The minimum absolute atomic E-state index is 0.177. The van der Waals surface area contributed by atoms with E-state index in [1.54, 1.807) is 20.5 Å². The van der Waals surface area contributed by atoms with Crippen LogP contribution in [0.4, 0.5) is 0 Å². The molecule has 0 saturated carbocycles. The fourth-order valence-electron chi connectivity index (χ4n) is 3.83. The Morgan fingerprint density at radius 2 is 2.00 bits per heavy atom. The highest BCUT2D eigenvalue weighted by molar-refractivity contribution is 5.79. The van der Waals surface area contributed by atoms with Gasteiger partial charge in [-0.2, -0.15) is 0 Å². The number of furan rings is 1. The Morgan fingerprint density at radius 3 is 2.67 bits per heavy atom. The van der Waals surface area contributed by atoms with Crippen LogP contribution in [0.3, 0.4) is 0 Å². The molecular formula is C23H34N4O3. The number of benzene rings is 1. The minimum Gasteiger partial charge on any atom is -0.497 e. The molecule has 0 spiro atoms. The van der Waals surface area contributed by atoms with Crippen molar-refractivity contribution in [2.75, 3.05) is 46.9 Å². The van der Waals surface area contributed by atoms with E-state index < -0.39 is 0 Å². The van der Waals surface area contributed by atoms with Crippen molar-refractivity contribution in [3.8, 4) is 11.5 Å². The van der Waals surface area contributed by atoms with Gasteiger partial charge in [0.25, 0.3) is 0 Å². The Kier molecular flexibility index (Phi) is 8.44. The van der Waals surface area contributed by atoms with Crippen LogP contribution < -0.4 is 20.1 Å². The lowest BCUT2D eigenvalue weighted by atomic mass is 10.1.